The molecule has 14 nitrogen and oxygen atoms in total. The third kappa shape index (κ3) is 15.9. The Morgan fingerprint density at radius 3 is 1.46 bits per heavy atom. The van der Waals surface area contributed by atoms with Gasteiger partial charge in [-0.3, -0.25) is 9.59 Å². The number of aryl methyl sites for hydroxylation is 2. The van der Waals surface area contributed by atoms with Crippen molar-refractivity contribution in [2.75, 3.05) is 54.5 Å². The van der Waals surface area contributed by atoms with Crippen molar-refractivity contribution in [2.24, 2.45) is 0 Å². The fourth-order valence-corrected chi connectivity index (χ4v) is 9.39. The number of nitrogens with zero attached hydrogens (tertiary/aromatic N) is 2. The molecule has 0 aliphatic heterocycles. The van der Waals surface area contributed by atoms with Gasteiger partial charge in [0.2, 0.25) is 0 Å². The van der Waals surface area contributed by atoms with Gasteiger partial charge in [-0.1, -0.05) is 44.9 Å². The second-order valence-corrected chi connectivity index (χ2v) is 18.7. The summed E-state index contributed by atoms with van der Waals surface area (Å²) in [5, 5.41) is 19.7. The molecule has 0 spiro atoms. The van der Waals surface area contributed by atoms with Gasteiger partial charge in [0.15, 0.2) is 0 Å². The molecule has 1 aliphatic carbocycles. The molecule has 1 fully saturated rings. The maximum atomic E-state index is 12.4. The van der Waals surface area contributed by atoms with E-state index < -0.39 is 0 Å². The Morgan fingerprint density at radius 2 is 1.01 bits per heavy atom. The number of ketones is 2. The second kappa shape index (κ2) is 30.4. The summed E-state index contributed by atoms with van der Waals surface area (Å²) in [4.78, 5) is 60.8. The molecule has 0 saturated heterocycles. The van der Waals surface area contributed by atoms with E-state index in [0.29, 0.717) is 25.2 Å². The quantitative estimate of drug-likeness (QED) is 0.0580. The number of carbonyl (C=O) groups is 2. The fraction of sp³-hybridized carbons (Fsp3) is 0.328. The number of Topliss-reactive ketones (excluding diaryl/α,β-unsaturated/α-hetero) is 2. The number of phenols is 1. The Balaban J connectivity index is 0.000000236. The number of furan rings is 3. The predicted octanol–water partition coefficient (Wildman–Crippen LogP) is 12.7. The van der Waals surface area contributed by atoms with Crippen molar-refractivity contribution in [3.8, 4) is 17.2 Å². The number of ether oxygens (including phenoxy) is 2. The van der Waals surface area contributed by atoms with Gasteiger partial charge in [0.25, 0.3) is 0 Å². The molecule has 1 aliphatic rings. The van der Waals surface area contributed by atoms with E-state index in [0.717, 1.165) is 119 Å². The van der Waals surface area contributed by atoms with E-state index in [4.69, 9.17) is 41.9 Å². The van der Waals surface area contributed by atoms with Crippen LogP contribution in [0.15, 0.2) is 123 Å². The van der Waals surface area contributed by atoms with Gasteiger partial charge in [0, 0.05) is 68.2 Å². The normalized spacial score (nSPS) is 12.8. The molecule has 6 aromatic carbocycles. The number of aromatic hydroxyl groups is 1. The second-order valence-electron chi connectivity index (χ2n) is 18.7. The van der Waals surface area contributed by atoms with Gasteiger partial charge >= 0.3 is 12.3 Å². The van der Waals surface area contributed by atoms with E-state index in [2.05, 4.69) is 82.2 Å². The minimum absolute atomic E-state index is 0. The Morgan fingerprint density at radius 1 is 0.592 bits per heavy atom. The molecule has 76 heavy (non-hydrogen) atoms. The molecular formula is C61H67N2O12W-. The third-order valence-electron chi connectivity index (χ3n) is 12.7. The van der Waals surface area contributed by atoms with Gasteiger partial charge in [-0.2, -0.15) is 19.2 Å². The predicted molar refractivity (Wildman–Crippen MR) is 291 cm³/mol. The Kier molecular flexibility index (Phi) is 24.5. The first-order chi connectivity index (χ1) is 35.8. The van der Waals surface area contributed by atoms with Crippen LogP contribution in [0.2, 0.25) is 0 Å². The molecule has 9 aromatic rings. The van der Waals surface area contributed by atoms with Crippen LogP contribution in [0.25, 0.3) is 65.2 Å². The maximum Gasteiger partial charge on any atom is 0.373 e. The van der Waals surface area contributed by atoms with Gasteiger partial charge in [-0.15, -0.1) is 0 Å². The average molecular weight is 1200 g/mol. The van der Waals surface area contributed by atoms with Crippen LogP contribution in [0.4, 0.5) is 0 Å². The number of hydrogen-bond donors (Lipinski definition) is 1. The Labute approximate surface area is 457 Å². The molecule has 15 heteroatoms. The zero-order valence-corrected chi connectivity index (χ0v) is 47.3. The standard InChI is InChI=1S/C23H25NO4.C20H25NO2.C15H14O2.2CO2.CH3.W/c1-24(2)10-3-11-27-17-6-8-18-15(12-17)4-9-22-23(18)20(14-28-22)19-7-5-16(25)13-21(19)26;1-4-6-16-14-23-19-10-7-15-13-17(8-9-18(15)20(16)19)22-12-5-11-21(2)3;1-2-3-11-9-17-14-7-4-10-8-12(16)5-6-13(10)15(11)14;2*2-1-3;;/h4,6,8-9,12,14,19H,3,5,7,10-11,13H2,1-2H3;7-10,13-14H,4-6,11-12H2,1-3H3;4-9,16H,2-3H2,1H3;;;1H3;/q;;;;;-1;. The molecule has 1 N–H and O–H groups in total. The molecule has 0 bridgehead atoms. The van der Waals surface area contributed by atoms with E-state index in [9.17, 15) is 14.7 Å². The van der Waals surface area contributed by atoms with Gasteiger partial charge in [-0.05, 0) is 177 Å². The van der Waals surface area contributed by atoms with Gasteiger partial charge in [-0.25, -0.2) is 0 Å². The minimum atomic E-state index is -0.258. The molecule has 3 heterocycles. The van der Waals surface area contributed by atoms with Crippen LogP contribution in [0.5, 0.6) is 17.2 Å². The molecule has 1 atom stereocenters. The number of hydrogen-bond acceptors (Lipinski definition) is 14. The average Bonchev–Trinajstić information content (AvgIpc) is 4.13. The van der Waals surface area contributed by atoms with Crippen LogP contribution in [-0.4, -0.2) is 93.3 Å². The monoisotopic (exact) mass is 1200 g/mol. The van der Waals surface area contributed by atoms with E-state index in [-0.39, 0.29) is 64.7 Å². The summed E-state index contributed by atoms with van der Waals surface area (Å²) in [7, 11) is 8.27. The SMILES string of the molecule is CCCc1coc2ccc3cc(O)ccc3c12.CCCc1coc2ccc3cc(OCCCN(C)C)ccc3c12.CN(C)CCCOc1ccc2c(ccc3occ(C4CCC(=O)CC4=O)c32)c1.O=C=O.O=C=O.[CH3-].[W]. The van der Waals surface area contributed by atoms with Crippen LogP contribution < -0.4 is 9.47 Å². The Bertz CT molecular complexity index is 3380. The first kappa shape index (κ1) is 61.4. The van der Waals surface area contributed by atoms with Crippen molar-refractivity contribution in [2.45, 2.75) is 77.6 Å². The van der Waals surface area contributed by atoms with Crippen molar-refractivity contribution < 1.29 is 77.7 Å². The van der Waals surface area contributed by atoms with Crippen LogP contribution >= 0.6 is 0 Å². The summed E-state index contributed by atoms with van der Waals surface area (Å²) < 4.78 is 28.8. The summed E-state index contributed by atoms with van der Waals surface area (Å²) in [6, 6.07) is 30.0. The largest absolute Gasteiger partial charge is 0.508 e. The minimum Gasteiger partial charge on any atom is -0.508 e. The number of rotatable bonds is 15. The summed E-state index contributed by atoms with van der Waals surface area (Å²) in [5.74, 6) is 1.86. The van der Waals surface area contributed by atoms with Gasteiger partial charge in [0.1, 0.15) is 45.6 Å². The molecule has 400 valence electrons. The molecule has 1 unspecified atom stereocenters. The molecule has 1 saturated carbocycles. The van der Waals surface area contributed by atoms with Gasteiger partial charge in [0.05, 0.1) is 38.4 Å². The number of phenolic OH excluding ortho intramolecular Hbond substituents is 1. The Hall–Kier alpha value is -7.17. The first-order valence-electron chi connectivity index (χ1n) is 24.9. The summed E-state index contributed by atoms with van der Waals surface area (Å²) in [6.45, 7) is 7.82. The van der Waals surface area contributed by atoms with Crippen LogP contribution in [0, 0.1) is 7.43 Å². The van der Waals surface area contributed by atoms with Crippen molar-refractivity contribution in [3.63, 3.8) is 0 Å². The maximum absolute atomic E-state index is 12.4. The van der Waals surface area contributed by atoms with Crippen molar-refractivity contribution >= 4 is 89.1 Å². The summed E-state index contributed by atoms with van der Waals surface area (Å²) in [5.41, 5.74) is 6.11. The number of benzene rings is 6. The molecule has 0 radical (unpaired) electrons. The van der Waals surface area contributed by atoms with E-state index in [1.807, 2.05) is 61.1 Å². The van der Waals surface area contributed by atoms with Gasteiger partial charge < -0.3 is 45.1 Å². The molecule has 10 rings (SSSR count). The molecule has 3 aromatic heterocycles. The topological polar surface area (TPSA) is 187 Å². The fourth-order valence-electron chi connectivity index (χ4n) is 9.39. The van der Waals surface area contributed by atoms with E-state index in [1.54, 1.807) is 18.4 Å². The number of fused-ring (bicyclic) bond motifs is 9. The van der Waals surface area contributed by atoms with Crippen LogP contribution in [-0.2, 0) is 62.7 Å². The number of carbonyl (C=O) groups excluding carboxylic acids is 6. The van der Waals surface area contributed by atoms with Crippen molar-refractivity contribution in [1.82, 2.24) is 9.80 Å². The van der Waals surface area contributed by atoms with Crippen LogP contribution in [0.1, 0.15) is 81.4 Å². The van der Waals surface area contributed by atoms with Crippen LogP contribution in [0.3, 0.4) is 0 Å². The van der Waals surface area contributed by atoms with E-state index in [1.165, 1.54) is 32.7 Å². The third-order valence-corrected chi connectivity index (χ3v) is 12.7. The molecular weight excluding hydrogens is 1140 g/mol. The molecule has 0 amide bonds. The first-order valence-corrected chi connectivity index (χ1v) is 24.9. The van der Waals surface area contributed by atoms with E-state index >= 15 is 0 Å². The van der Waals surface area contributed by atoms with Crippen molar-refractivity contribution in [3.05, 3.63) is 134 Å². The summed E-state index contributed by atoms with van der Waals surface area (Å²) >= 11 is 0. The zero-order chi connectivity index (χ0) is 53.1. The zero-order valence-electron chi connectivity index (χ0n) is 44.4. The van der Waals surface area contributed by atoms with Crippen molar-refractivity contribution in [1.29, 1.82) is 0 Å². The smallest absolute Gasteiger partial charge is 0.373 e. The summed E-state index contributed by atoms with van der Waals surface area (Å²) in [6.07, 6.45) is 13.3.